The van der Waals surface area contributed by atoms with E-state index in [-0.39, 0.29) is 28.7 Å². The topological polar surface area (TPSA) is 128 Å². The summed E-state index contributed by atoms with van der Waals surface area (Å²) in [6.07, 6.45) is 2.24. The fraction of sp³-hybridized carbons (Fsp3) is 0.444. The number of rotatable bonds is 6. The molecule has 1 atom stereocenters. The minimum atomic E-state index is -0.899. The van der Waals surface area contributed by atoms with Gasteiger partial charge >= 0.3 is 6.09 Å². The van der Waals surface area contributed by atoms with Crippen molar-refractivity contribution in [3.8, 4) is 11.6 Å². The van der Waals surface area contributed by atoms with Crippen LogP contribution < -0.4 is 15.2 Å². The Hall–Kier alpha value is -2.81. The van der Waals surface area contributed by atoms with Crippen LogP contribution in [0.2, 0.25) is 0 Å². The van der Waals surface area contributed by atoms with Crippen LogP contribution in [0.1, 0.15) is 27.2 Å². The van der Waals surface area contributed by atoms with Crippen molar-refractivity contribution in [2.24, 2.45) is 5.73 Å². The Morgan fingerprint density at radius 2 is 2.11 bits per heavy atom. The van der Waals surface area contributed by atoms with E-state index in [0.29, 0.717) is 25.4 Å². The maximum atomic E-state index is 12.1. The van der Waals surface area contributed by atoms with Gasteiger partial charge < -0.3 is 30.3 Å². The smallest absolute Gasteiger partial charge is 0.410 e. The standard InChI is InChI=1S/C18H23ClN4O5/c1-18(2,3)28-17(25)23-7-6-12(10-23)27-14-5-4-11(9-22-14)26-13(8-20)15(19)16(21)24/h4-5,8-9,12,20H,6-7,10H2,1-3H3,(H2,21,24)/b15-13-,20-8?/t12-/m0/s1. The predicted octanol–water partition coefficient (Wildman–Crippen LogP) is 2.43. The Labute approximate surface area is 167 Å². The van der Waals surface area contributed by atoms with Crippen molar-refractivity contribution in [2.75, 3.05) is 13.1 Å². The van der Waals surface area contributed by atoms with E-state index >= 15 is 0 Å². The third-order valence-corrected chi connectivity index (χ3v) is 3.96. The van der Waals surface area contributed by atoms with Crippen molar-refractivity contribution in [3.05, 3.63) is 29.1 Å². The number of primary amides is 1. The zero-order chi connectivity index (χ0) is 20.9. The Bertz CT molecular complexity index is 773. The van der Waals surface area contributed by atoms with Crippen molar-refractivity contribution < 1.29 is 23.8 Å². The minimum Gasteiger partial charge on any atom is -0.472 e. The molecule has 1 aromatic heterocycles. The molecule has 1 saturated heterocycles. The Balaban J connectivity index is 1.93. The maximum absolute atomic E-state index is 12.1. The van der Waals surface area contributed by atoms with Crippen LogP contribution in [0, 0.1) is 5.41 Å². The number of hydrogen-bond acceptors (Lipinski definition) is 7. The molecule has 28 heavy (non-hydrogen) atoms. The quantitative estimate of drug-likeness (QED) is 0.421. The second kappa shape index (κ2) is 8.92. The van der Waals surface area contributed by atoms with Gasteiger partial charge in [0.2, 0.25) is 5.88 Å². The number of carbonyl (C=O) groups excluding carboxylic acids is 2. The van der Waals surface area contributed by atoms with Gasteiger partial charge in [-0.2, -0.15) is 0 Å². The number of nitrogens with one attached hydrogen (secondary N) is 1. The number of nitrogens with zero attached hydrogens (tertiary/aromatic N) is 2. The highest BCUT2D eigenvalue weighted by atomic mass is 35.5. The monoisotopic (exact) mass is 410 g/mol. The molecule has 2 rings (SSSR count). The van der Waals surface area contributed by atoms with Gasteiger partial charge in [0, 0.05) is 19.0 Å². The van der Waals surface area contributed by atoms with Crippen molar-refractivity contribution in [1.82, 2.24) is 9.88 Å². The van der Waals surface area contributed by atoms with Gasteiger partial charge in [-0.05, 0) is 26.8 Å². The molecule has 1 aliphatic heterocycles. The van der Waals surface area contributed by atoms with Crippen LogP contribution in [0.3, 0.4) is 0 Å². The summed E-state index contributed by atoms with van der Waals surface area (Å²) in [6, 6.07) is 3.13. The number of carbonyl (C=O) groups is 2. The highest BCUT2D eigenvalue weighted by molar-refractivity contribution is 6.43. The van der Waals surface area contributed by atoms with Crippen LogP contribution in [0.25, 0.3) is 0 Å². The van der Waals surface area contributed by atoms with Crippen molar-refractivity contribution in [3.63, 3.8) is 0 Å². The van der Waals surface area contributed by atoms with Gasteiger partial charge in [0.1, 0.15) is 22.5 Å². The summed E-state index contributed by atoms with van der Waals surface area (Å²) in [5, 5.41) is 6.86. The molecule has 2 heterocycles. The number of nitrogens with two attached hydrogens (primary N) is 1. The normalized spacial score (nSPS) is 17.6. The highest BCUT2D eigenvalue weighted by Gasteiger charge is 2.31. The minimum absolute atomic E-state index is 0.187. The average molecular weight is 411 g/mol. The number of aromatic nitrogens is 1. The lowest BCUT2D eigenvalue weighted by Crippen LogP contribution is -2.36. The largest absolute Gasteiger partial charge is 0.472 e. The van der Waals surface area contributed by atoms with Crippen molar-refractivity contribution >= 4 is 29.8 Å². The van der Waals surface area contributed by atoms with Crippen LogP contribution in [0.4, 0.5) is 4.79 Å². The van der Waals surface area contributed by atoms with E-state index in [1.807, 2.05) is 20.8 Å². The first kappa shape index (κ1) is 21.5. The van der Waals surface area contributed by atoms with Gasteiger partial charge in [-0.1, -0.05) is 11.6 Å². The van der Waals surface area contributed by atoms with E-state index in [9.17, 15) is 9.59 Å². The lowest BCUT2D eigenvalue weighted by atomic mass is 10.2. The molecule has 0 saturated carbocycles. The zero-order valence-electron chi connectivity index (χ0n) is 15.9. The summed E-state index contributed by atoms with van der Waals surface area (Å²) in [4.78, 5) is 28.9. The molecular formula is C18H23ClN4O5. The van der Waals surface area contributed by atoms with Crippen LogP contribution in [0.5, 0.6) is 11.6 Å². The van der Waals surface area contributed by atoms with E-state index in [2.05, 4.69) is 4.98 Å². The van der Waals surface area contributed by atoms with Gasteiger partial charge in [0.25, 0.3) is 5.91 Å². The predicted molar refractivity (Wildman–Crippen MR) is 103 cm³/mol. The van der Waals surface area contributed by atoms with Crippen LogP contribution in [0.15, 0.2) is 29.1 Å². The van der Waals surface area contributed by atoms with E-state index < -0.39 is 11.5 Å². The molecule has 0 aliphatic carbocycles. The fourth-order valence-electron chi connectivity index (χ4n) is 2.37. The number of likely N-dealkylation sites (tertiary alicyclic amines) is 1. The summed E-state index contributed by atoms with van der Waals surface area (Å²) < 4.78 is 16.5. The molecule has 0 spiro atoms. The summed E-state index contributed by atoms with van der Waals surface area (Å²) in [7, 11) is 0. The van der Waals surface area contributed by atoms with Gasteiger partial charge in [0.15, 0.2) is 5.76 Å². The zero-order valence-corrected chi connectivity index (χ0v) is 16.7. The summed E-state index contributed by atoms with van der Waals surface area (Å²) in [5.74, 6) is -0.478. The van der Waals surface area contributed by atoms with Crippen molar-refractivity contribution in [2.45, 2.75) is 38.9 Å². The lowest BCUT2D eigenvalue weighted by Gasteiger charge is -2.24. The van der Waals surface area contributed by atoms with E-state index in [4.69, 9.17) is 37.0 Å². The van der Waals surface area contributed by atoms with Crippen LogP contribution >= 0.6 is 11.6 Å². The number of pyridine rings is 1. The number of allylic oxidation sites excluding steroid dienone is 1. The molecule has 10 heteroatoms. The molecule has 0 unspecified atom stereocenters. The molecule has 1 fully saturated rings. The van der Waals surface area contributed by atoms with Gasteiger partial charge in [0.05, 0.1) is 19.0 Å². The SMILES string of the molecule is CC(C)(C)OC(=O)N1CC[C@H](Oc2ccc(O/C(C=N)=C(\Cl)C(N)=O)cn2)C1. The Morgan fingerprint density at radius 3 is 2.64 bits per heavy atom. The molecule has 1 aromatic rings. The first-order chi connectivity index (χ1) is 13.1. The third-order valence-electron chi connectivity index (χ3n) is 3.58. The Kier molecular flexibility index (Phi) is 6.85. The molecule has 152 valence electrons. The van der Waals surface area contributed by atoms with Crippen LogP contribution in [-0.4, -0.2) is 52.9 Å². The molecule has 0 aromatic carbocycles. The molecule has 0 radical (unpaired) electrons. The summed E-state index contributed by atoms with van der Waals surface area (Å²) >= 11 is 5.70. The van der Waals surface area contributed by atoms with Crippen molar-refractivity contribution in [1.29, 1.82) is 5.41 Å². The molecule has 0 bridgehead atoms. The second-order valence-electron chi connectivity index (χ2n) is 7.08. The Morgan fingerprint density at radius 1 is 1.39 bits per heavy atom. The van der Waals surface area contributed by atoms with Crippen LogP contribution in [-0.2, 0) is 9.53 Å². The first-order valence-electron chi connectivity index (χ1n) is 8.57. The number of hydrogen-bond donors (Lipinski definition) is 2. The third kappa shape index (κ3) is 6.12. The average Bonchev–Trinajstić information content (AvgIpc) is 3.07. The fourth-order valence-corrected chi connectivity index (χ4v) is 2.46. The number of amides is 2. The van der Waals surface area contributed by atoms with Gasteiger partial charge in [-0.3, -0.25) is 4.79 Å². The van der Waals surface area contributed by atoms with E-state index in [0.717, 1.165) is 6.21 Å². The van der Waals surface area contributed by atoms with Gasteiger partial charge in [-0.25, -0.2) is 9.78 Å². The summed E-state index contributed by atoms with van der Waals surface area (Å²) in [5.41, 5.74) is 4.52. The maximum Gasteiger partial charge on any atom is 0.410 e. The summed E-state index contributed by atoms with van der Waals surface area (Å²) in [6.45, 7) is 6.40. The van der Waals surface area contributed by atoms with E-state index in [1.165, 1.54) is 6.20 Å². The molecule has 2 amide bonds. The highest BCUT2D eigenvalue weighted by Crippen LogP contribution is 2.22. The molecule has 3 N–H and O–H groups in total. The van der Waals surface area contributed by atoms with E-state index in [1.54, 1.807) is 17.0 Å². The first-order valence-corrected chi connectivity index (χ1v) is 8.95. The number of halogens is 1. The molecular weight excluding hydrogens is 388 g/mol. The number of ether oxygens (including phenoxy) is 3. The molecule has 1 aliphatic rings. The second-order valence-corrected chi connectivity index (χ2v) is 7.45. The van der Waals surface area contributed by atoms with Gasteiger partial charge in [-0.15, -0.1) is 0 Å². The lowest BCUT2D eigenvalue weighted by molar-refractivity contribution is -0.114. The molecule has 9 nitrogen and oxygen atoms in total.